The van der Waals surface area contributed by atoms with Crippen molar-refractivity contribution >= 4 is 5.97 Å². The van der Waals surface area contributed by atoms with Crippen molar-refractivity contribution in [2.24, 2.45) is 0 Å². The topological polar surface area (TPSA) is 47.6 Å². The molecule has 1 saturated heterocycles. The first-order valence-electron chi connectivity index (χ1n) is 7.71. The van der Waals surface area contributed by atoms with Crippen LogP contribution in [0.15, 0.2) is 54.6 Å². The Hall–Kier alpha value is -2.17. The number of rotatable bonds is 4. The van der Waals surface area contributed by atoms with Crippen LogP contribution < -0.4 is 5.32 Å². The molecule has 3 rings (SSSR count). The summed E-state index contributed by atoms with van der Waals surface area (Å²) < 4.78 is 10.6. The van der Waals surface area contributed by atoms with Gasteiger partial charge in [-0.1, -0.05) is 54.6 Å². The molecular formula is C19H21NO3. The predicted octanol–water partition coefficient (Wildman–Crippen LogP) is 2.73. The molecule has 0 aliphatic carbocycles. The van der Waals surface area contributed by atoms with Crippen molar-refractivity contribution in [1.82, 2.24) is 5.32 Å². The number of esters is 1. The molecule has 0 radical (unpaired) electrons. The zero-order valence-electron chi connectivity index (χ0n) is 13.4. The molecule has 2 unspecified atom stereocenters. The number of hydrogen-bond donors (Lipinski definition) is 1. The minimum atomic E-state index is -0.492. The maximum Gasteiger partial charge on any atom is 0.322 e. The highest BCUT2D eigenvalue weighted by atomic mass is 16.5. The highest BCUT2D eigenvalue weighted by Crippen LogP contribution is 2.35. The largest absolute Gasteiger partial charge is 0.468 e. The van der Waals surface area contributed by atoms with E-state index in [1.54, 1.807) is 7.11 Å². The summed E-state index contributed by atoms with van der Waals surface area (Å²) in [6.45, 7) is 0.591. The van der Waals surface area contributed by atoms with E-state index in [4.69, 9.17) is 9.47 Å². The molecule has 2 aromatic rings. The van der Waals surface area contributed by atoms with Crippen LogP contribution in [0.3, 0.4) is 0 Å². The zero-order valence-corrected chi connectivity index (χ0v) is 13.4. The third-order valence-electron chi connectivity index (χ3n) is 4.56. The molecule has 1 N–H and O–H groups in total. The van der Waals surface area contributed by atoms with Crippen LogP contribution in [0.4, 0.5) is 0 Å². The molecule has 0 spiro atoms. The van der Waals surface area contributed by atoms with E-state index in [0.29, 0.717) is 13.0 Å². The SMILES string of the molecule is COC(=O)C1CC(OC)(c2ccc(-c3ccccc3)cc2)CN1. The lowest BCUT2D eigenvalue weighted by atomic mass is 9.89. The zero-order chi connectivity index (χ0) is 16.3. The standard InChI is InChI=1S/C19H21NO3/c1-22-18(21)17-12-19(23-2,13-20-17)16-10-8-15(9-11-16)14-6-4-3-5-7-14/h3-11,17,20H,12-13H2,1-2H3. The molecule has 1 aliphatic heterocycles. The van der Waals surface area contributed by atoms with Crippen LogP contribution in [0.1, 0.15) is 12.0 Å². The number of ether oxygens (including phenoxy) is 2. The first-order valence-corrected chi connectivity index (χ1v) is 7.71. The van der Waals surface area contributed by atoms with Gasteiger partial charge in [-0.2, -0.15) is 0 Å². The number of methoxy groups -OCH3 is 2. The van der Waals surface area contributed by atoms with E-state index in [1.165, 1.54) is 12.7 Å². The van der Waals surface area contributed by atoms with E-state index in [0.717, 1.165) is 11.1 Å². The Balaban J connectivity index is 1.84. The van der Waals surface area contributed by atoms with E-state index in [9.17, 15) is 4.79 Å². The highest BCUT2D eigenvalue weighted by molar-refractivity contribution is 5.76. The van der Waals surface area contributed by atoms with Gasteiger partial charge in [0.1, 0.15) is 11.6 Å². The van der Waals surface area contributed by atoms with Crippen molar-refractivity contribution in [3.05, 3.63) is 60.2 Å². The fourth-order valence-electron chi connectivity index (χ4n) is 3.16. The van der Waals surface area contributed by atoms with Crippen LogP contribution in [-0.2, 0) is 19.9 Å². The average Bonchev–Trinajstić information content (AvgIpc) is 3.08. The number of hydrogen-bond acceptors (Lipinski definition) is 4. The Morgan fingerprint density at radius 1 is 1.04 bits per heavy atom. The first kappa shape index (κ1) is 15.7. The summed E-state index contributed by atoms with van der Waals surface area (Å²) in [5.41, 5.74) is 2.92. The monoisotopic (exact) mass is 311 g/mol. The molecule has 2 aromatic carbocycles. The van der Waals surface area contributed by atoms with Crippen LogP contribution in [0.2, 0.25) is 0 Å². The van der Waals surface area contributed by atoms with Crippen molar-refractivity contribution in [1.29, 1.82) is 0 Å². The number of carbonyl (C=O) groups excluding carboxylic acids is 1. The number of carbonyl (C=O) groups is 1. The van der Waals surface area contributed by atoms with Crippen molar-refractivity contribution in [3.63, 3.8) is 0 Å². The van der Waals surface area contributed by atoms with Gasteiger partial charge in [0, 0.05) is 20.1 Å². The summed E-state index contributed by atoms with van der Waals surface area (Å²) in [7, 11) is 3.10. The highest BCUT2D eigenvalue weighted by Gasteiger charge is 2.43. The molecule has 0 bridgehead atoms. The molecule has 4 nitrogen and oxygen atoms in total. The molecule has 1 heterocycles. The Labute approximate surface area is 136 Å². The second-order valence-corrected chi connectivity index (χ2v) is 5.80. The van der Waals surface area contributed by atoms with Gasteiger partial charge in [0.2, 0.25) is 0 Å². The molecule has 1 fully saturated rings. The third kappa shape index (κ3) is 3.00. The predicted molar refractivity (Wildman–Crippen MR) is 89.0 cm³/mol. The molecule has 0 amide bonds. The van der Waals surface area contributed by atoms with Crippen LogP contribution >= 0.6 is 0 Å². The van der Waals surface area contributed by atoms with Gasteiger partial charge in [0.25, 0.3) is 0 Å². The van der Waals surface area contributed by atoms with E-state index in [-0.39, 0.29) is 12.0 Å². The minimum absolute atomic E-state index is 0.246. The van der Waals surface area contributed by atoms with Crippen LogP contribution in [-0.4, -0.2) is 32.8 Å². The maximum absolute atomic E-state index is 11.7. The Morgan fingerprint density at radius 3 is 2.30 bits per heavy atom. The summed E-state index contributed by atoms with van der Waals surface area (Å²) >= 11 is 0. The average molecular weight is 311 g/mol. The van der Waals surface area contributed by atoms with Crippen LogP contribution in [0.25, 0.3) is 11.1 Å². The molecule has 0 saturated carbocycles. The molecule has 1 aliphatic rings. The van der Waals surface area contributed by atoms with Crippen molar-refractivity contribution in [3.8, 4) is 11.1 Å². The van der Waals surface area contributed by atoms with Crippen molar-refractivity contribution in [2.45, 2.75) is 18.1 Å². The summed E-state index contributed by atoms with van der Waals surface area (Å²) in [6.07, 6.45) is 0.570. The molecule has 120 valence electrons. The van der Waals surface area contributed by atoms with Crippen LogP contribution in [0.5, 0.6) is 0 Å². The van der Waals surface area contributed by atoms with Gasteiger partial charge in [-0.15, -0.1) is 0 Å². The Morgan fingerprint density at radius 2 is 1.70 bits per heavy atom. The second-order valence-electron chi connectivity index (χ2n) is 5.80. The smallest absolute Gasteiger partial charge is 0.322 e. The molecule has 23 heavy (non-hydrogen) atoms. The lowest BCUT2D eigenvalue weighted by Gasteiger charge is -2.27. The van der Waals surface area contributed by atoms with Gasteiger partial charge in [-0.3, -0.25) is 4.79 Å². The Kier molecular flexibility index (Phi) is 4.46. The van der Waals surface area contributed by atoms with Crippen molar-refractivity contribution in [2.75, 3.05) is 20.8 Å². The van der Waals surface area contributed by atoms with E-state index < -0.39 is 5.60 Å². The van der Waals surface area contributed by atoms with Crippen molar-refractivity contribution < 1.29 is 14.3 Å². The molecule has 0 aromatic heterocycles. The number of nitrogens with one attached hydrogen (secondary N) is 1. The van der Waals surface area contributed by atoms with Gasteiger partial charge in [0.15, 0.2) is 0 Å². The fraction of sp³-hybridized carbons (Fsp3) is 0.316. The second kappa shape index (κ2) is 6.52. The lowest BCUT2D eigenvalue weighted by molar-refractivity contribution is -0.143. The van der Waals surface area contributed by atoms with Crippen LogP contribution in [0, 0.1) is 0 Å². The molecule has 2 atom stereocenters. The summed E-state index contributed by atoms with van der Waals surface area (Å²) in [5.74, 6) is -0.246. The normalized spacial score (nSPS) is 23.7. The quantitative estimate of drug-likeness (QED) is 0.882. The minimum Gasteiger partial charge on any atom is -0.468 e. The third-order valence-corrected chi connectivity index (χ3v) is 4.56. The molecular weight excluding hydrogens is 290 g/mol. The summed E-state index contributed by atoms with van der Waals surface area (Å²) in [5, 5.41) is 3.19. The first-order chi connectivity index (χ1) is 11.2. The Bertz CT molecular complexity index is 669. The van der Waals surface area contributed by atoms with E-state index in [1.807, 2.05) is 18.2 Å². The maximum atomic E-state index is 11.7. The summed E-state index contributed by atoms with van der Waals surface area (Å²) in [4.78, 5) is 11.7. The summed E-state index contributed by atoms with van der Waals surface area (Å²) in [6, 6.07) is 18.3. The lowest BCUT2D eigenvalue weighted by Crippen LogP contribution is -2.31. The number of benzene rings is 2. The fourth-order valence-corrected chi connectivity index (χ4v) is 3.16. The van der Waals surface area contributed by atoms with Gasteiger partial charge in [0.05, 0.1) is 7.11 Å². The van der Waals surface area contributed by atoms with Gasteiger partial charge >= 0.3 is 5.97 Å². The van der Waals surface area contributed by atoms with Gasteiger partial charge in [-0.25, -0.2) is 0 Å². The van der Waals surface area contributed by atoms with E-state index >= 15 is 0 Å². The molecule has 4 heteroatoms. The van der Waals surface area contributed by atoms with Gasteiger partial charge in [-0.05, 0) is 16.7 Å². The van der Waals surface area contributed by atoms with Gasteiger partial charge < -0.3 is 14.8 Å². The van der Waals surface area contributed by atoms with E-state index in [2.05, 4.69) is 41.7 Å².